The van der Waals surface area contributed by atoms with Gasteiger partial charge in [0, 0.05) is 5.92 Å². The van der Waals surface area contributed by atoms with E-state index in [2.05, 4.69) is 74.6 Å². The van der Waals surface area contributed by atoms with Gasteiger partial charge in [-0.05, 0) is 74.4 Å². The topological polar surface area (TPSA) is 29.5 Å². The van der Waals surface area contributed by atoms with Crippen LogP contribution in [0.4, 0.5) is 0 Å². The van der Waals surface area contributed by atoms with Crippen LogP contribution in [0.5, 0.6) is 0 Å². The van der Waals surface area contributed by atoms with Gasteiger partial charge in [0.2, 0.25) is 0 Å². The molecule has 168 valence electrons. The standard InChI is InChI=1S/C26H48O2Si/c1-19(14-17-27)18-21(28-29(9,10)24(3,4)5)23-20(2)12-13-22-25(6,7)15-11-16-26(22,23)8/h12,14,21-23,27H,11,13,15-18H2,1-10H3/b19-14-/t21-,22+,23-,26+/m1/s1. The summed E-state index contributed by atoms with van der Waals surface area (Å²) in [6.45, 7) is 23.9. The number of aliphatic hydroxyl groups excluding tert-OH is 1. The summed E-state index contributed by atoms with van der Waals surface area (Å²) in [5, 5.41) is 9.65. The van der Waals surface area contributed by atoms with Crippen LogP contribution < -0.4 is 0 Å². The van der Waals surface area contributed by atoms with E-state index in [1.807, 2.05) is 6.08 Å². The van der Waals surface area contributed by atoms with Gasteiger partial charge in [0.25, 0.3) is 0 Å². The van der Waals surface area contributed by atoms with Crippen molar-refractivity contribution in [1.29, 1.82) is 0 Å². The van der Waals surface area contributed by atoms with Crippen LogP contribution in [0.2, 0.25) is 18.1 Å². The highest BCUT2D eigenvalue weighted by molar-refractivity contribution is 6.74. The Morgan fingerprint density at radius 2 is 1.90 bits per heavy atom. The van der Waals surface area contributed by atoms with Crippen molar-refractivity contribution in [1.82, 2.24) is 0 Å². The van der Waals surface area contributed by atoms with Gasteiger partial charge in [-0.2, -0.15) is 0 Å². The molecule has 2 rings (SSSR count). The van der Waals surface area contributed by atoms with Gasteiger partial charge in [-0.25, -0.2) is 0 Å². The maximum Gasteiger partial charge on any atom is 0.192 e. The highest BCUT2D eigenvalue weighted by Gasteiger charge is 2.55. The minimum absolute atomic E-state index is 0.116. The molecule has 0 aromatic carbocycles. The molecule has 0 saturated heterocycles. The van der Waals surface area contributed by atoms with Crippen molar-refractivity contribution in [2.24, 2.45) is 22.7 Å². The molecule has 0 amide bonds. The van der Waals surface area contributed by atoms with E-state index in [9.17, 15) is 5.11 Å². The molecule has 0 aromatic rings. The maximum absolute atomic E-state index is 9.46. The third kappa shape index (κ3) is 5.10. The summed E-state index contributed by atoms with van der Waals surface area (Å²) in [5.74, 6) is 1.17. The van der Waals surface area contributed by atoms with E-state index in [1.165, 1.54) is 36.8 Å². The molecule has 1 saturated carbocycles. The Labute approximate surface area is 182 Å². The SMILES string of the molecule is CC1=CC[C@H]2C(C)(C)CCC[C@]2(C)[C@H]1[C@@H](C/C(C)=C\CO)O[Si](C)(C)C(C)(C)C. The summed E-state index contributed by atoms with van der Waals surface area (Å²) in [5.41, 5.74) is 3.46. The van der Waals surface area contributed by atoms with Gasteiger partial charge in [-0.3, -0.25) is 0 Å². The number of aliphatic hydroxyl groups is 1. The van der Waals surface area contributed by atoms with Crippen molar-refractivity contribution in [2.45, 2.75) is 112 Å². The molecule has 2 aliphatic rings. The minimum Gasteiger partial charge on any atom is -0.413 e. The summed E-state index contributed by atoms with van der Waals surface area (Å²) in [4.78, 5) is 0. The lowest BCUT2D eigenvalue weighted by atomic mass is 9.48. The van der Waals surface area contributed by atoms with Crippen LogP contribution in [0.3, 0.4) is 0 Å². The van der Waals surface area contributed by atoms with E-state index < -0.39 is 8.32 Å². The number of hydrogen-bond donors (Lipinski definition) is 1. The molecule has 1 N–H and O–H groups in total. The molecule has 4 atom stereocenters. The van der Waals surface area contributed by atoms with Crippen LogP contribution in [0.25, 0.3) is 0 Å². The molecule has 29 heavy (non-hydrogen) atoms. The molecule has 1 fully saturated rings. The molecule has 0 heterocycles. The predicted molar refractivity (Wildman–Crippen MR) is 129 cm³/mol. The van der Waals surface area contributed by atoms with Gasteiger partial charge < -0.3 is 9.53 Å². The molecule has 0 aromatic heterocycles. The third-order valence-corrected chi connectivity index (χ3v) is 13.2. The van der Waals surface area contributed by atoms with E-state index in [1.54, 1.807) is 0 Å². The fourth-order valence-electron chi connectivity index (χ4n) is 6.13. The second-order valence-corrected chi connectivity index (χ2v) is 17.2. The average molecular weight is 421 g/mol. The Bertz CT molecular complexity index is 638. The van der Waals surface area contributed by atoms with Gasteiger partial charge in [0.15, 0.2) is 8.32 Å². The second kappa shape index (κ2) is 8.63. The zero-order valence-electron chi connectivity index (χ0n) is 21.0. The van der Waals surface area contributed by atoms with Crippen LogP contribution >= 0.6 is 0 Å². The highest BCUT2D eigenvalue weighted by Crippen LogP contribution is 2.61. The third-order valence-electron chi connectivity index (χ3n) is 8.74. The smallest absolute Gasteiger partial charge is 0.192 e. The molecule has 0 bridgehead atoms. The predicted octanol–water partition coefficient (Wildman–Crippen LogP) is 7.50. The first-order chi connectivity index (χ1) is 13.2. The molecule has 0 radical (unpaired) electrons. The number of allylic oxidation sites excluding steroid dienone is 1. The molecule has 0 unspecified atom stereocenters. The Morgan fingerprint density at radius 3 is 2.45 bits per heavy atom. The number of hydrogen-bond acceptors (Lipinski definition) is 2. The van der Waals surface area contributed by atoms with Crippen LogP contribution in [0.15, 0.2) is 23.3 Å². The normalized spacial score (nSPS) is 31.8. The van der Waals surface area contributed by atoms with Crippen LogP contribution in [0.1, 0.15) is 87.5 Å². The monoisotopic (exact) mass is 420 g/mol. The first kappa shape index (κ1) is 24.9. The minimum atomic E-state index is -1.91. The second-order valence-electron chi connectivity index (χ2n) is 12.4. The average Bonchev–Trinajstić information content (AvgIpc) is 2.52. The van der Waals surface area contributed by atoms with E-state index in [-0.39, 0.29) is 23.2 Å². The van der Waals surface area contributed by atoms with Crippen molar-refractivity contribution >= 4 is 8.32 Å². The summed E-state index contributed by atoms with van der Waals surface area (Å²) < 4.78 is 7.19. The zero-order chi connectivity index (χ0) is 22.3. The molecular formula is C26H48O2Si. The van der Waals surface area contributed by atoms with Crippen molar-refractivity contribution in [3.8, 4) is 0 Å². The largest absolute Gasteiger partial charge is 0.413 e. The van der Waals surface area contributed by atoms with Gasteiger partial charge in [0.1, 0.15) is 0 Å². The van der Waals surface area contributed by atoms with Crippen molar-refractivity contribution in [3.05, 3.63) is 23.3 Å². The van der Waals surface area contributed by atoms with E-state index >= 15 is 0 Å². The summed E-state index contributed by atoms with van der Waals surface area (Å²) in [6, 6.07) is 0. The Kier molecular flexibility index (Phi) is 7.40. The van der Waals surface area contributed by atoms with Gasteiger partial charge >= 0.3 is 0 Å². The first-order valence-electron chi connectivity index (χ1n) is 11.8. The lowest BCUT2D eigenvalue weighted by molar-refractivity contribution is -0.0715. The van der Waals surface area contributed by atoms with Crippen molar-refractivity contribution in [2.75, 3.05) is 6.61 Å². The lowest BCUT2D eigenvalue weighted by Crippen LogP contribution is -2.55. The molecule has 2 nitrogen and oxygen atoms in total. The molecule has 2 aliphatic carbocycles. The molecular weight excluding hydrogens is 372 g/mol. The Hall–Kier alpha value is -0.383. The molecule has 3 heteroatoms. The Balaban J connectivity index is 2.50. The fourth-order valence-corrected chi connectivity index (χ4v) is 7.46. The van der Waals surface area contributed by atoms with Crippen LogP contribution in [0, 0.1) is 22.7 Å². The van der Waals surface area contributed by atoms with Crippen LogP contribution in [-0.4, -0.2) is 26.1 Å². The van der Waals surface area contributed by atoms with Crippen molar-refractivity contribution in [3.63, 3.8) is 0 Å². The van der Waals surface area contributed by atoms with E-state index in [4.69, 9.17) is 4.43 Å². The van der Waals surface area contributed by atoms with Gasteiger partial charge in [-0.1, -0.05) is 71.3 Å². The summed E-state index contributed by atoms with van der Waals surface area (Å²) in [7, 11) is -1.91. The lowest BCUT2D eigenvalue weighted by Gasteiger charge is -2.59. The summed E-state index contributed by atoms with van der Waals surface area (Å²) >= 11 is 0. The molecule has 0 spiro atoms. The van der Waals surface area contributed by atoms with Crippen molar-refractivity contribution < 1.29 is 9.53 Å². The fraction of sp³-hybridized carbons (Fsp3) is 0.846. The maximum atomic E-state index is 9.46. The van der Waals surface area contributed by atoms with E-state index in [0.717, 1.165) is 6.42 Å². The van der Waals surface area contributed by atoms with Gasteiger partial charge in [-0.15, -0.1) is 0 Å². The number of fused-ring (bicyclic) bond motifs is 1. The van der Waals surface area contributed by atoms with Gasteiger partial charge in [0.05, 0.1) is 12.7 Å². The van der Waals surface area contributed by atoms with Crippen LogP contribution in [-0.2, 0) is 4.43 Å². The Morgan fingerprint density at radius 1 is 1.28 bits per heavy atom. The van der Waals surface area contributed by atoms with E-state index in [0.29, 0.717) is 17.3 Å². The summed E-state index contributed by atoms with van der Waals surface area (Å²) in [6.07, 6.45) is 10.8. The molecule has 0 aliphatic heterocycles. The number of rotatable bonds is 6. The highest BCUT2D eigenvalue weighted by atomic mass is 28.4. The zero-order valence-corrected chi connectivity index (χ0v) is 22.0. The quantitative estimate of drug-likeness (QED) is 0.356. The first-order valence-corrected chi connectivity index (χ1v) is 14.7.